The molecule has 0 aliphatic heterocycles. The van der Waals surface area contributed by atoms with Gasteiger partial charge in [0.1, 0.15) is 5.69 Å². The molecule has 4 rings (SSSR count). The zero-order valence-electron chi connectivity index (χ0n) is 12.0. The summed E-state index contributed by atoms with van der Waals surface area (Å²) >= 11 is 0. The zero-order valence-corrected chi connectivity index (χ0v) is 12.0. The molecule has 0 bridgehead atoms. The molecule has 3 aromatic heterocycles. The Labute approximate surface area is 131 Å². The van der Waals surface area contributed by atoms with Gasteiger partial charge in [-0.2, -0.15) is 5.10 Å². The average Bonchev–Trinajstić information content (AvgIpc) is 3.24. The van der Waals surface area contributed by atoms with E-state index in [1.165, 1.54) is 0 Å². The number of benzene rings is 1. The van der Waals surface area contributed by atoms with Crippen molar-refractivity contribution in [3.63, 3.8) is 0 Å². The van der Waals surface area contributed by atoms with Crippen LogP contribution in [0.15, 0.2) is 67.4 Å². The van der Waals surface area contributed by atoms with Crippen molar-refractivity contribution in [3.05, 3.63) is 73.1 Å². The summed E-state index contributed by atoms with van der Waals surface area (Å²) < 4.78 is 3.43. The third-order valence-corrected chi connectivity index (χ3v) is 3.34. The van der Waals surface area contributed by atoms with E-state index < -0.39 is 0 Å². The molecule has 0 atom stereocenters. The van der Waals surface area contributed by atoms with Crippen LogP contribution in [0, 0.1) is 0 Å². The van der Waals surface area contributed by atoms with Crippen molar-refractivity contribution in [3.8, 4) is 5.69 Å². The summed E-state index contributed by atoms with van der Waals surface area (Å²) in [5.74, 6) is 0.205. The number of aromatic nitrogens is 5. The van der Waals surface area contributed by atoms with Gasteiger partial charge in [0.15, 0.2) is 0 Å². The van der Waals surface area contributed by atoms with E-state index in [1.807, 2.05) is 36.5 Å². The van der Waals surface area contributed by atoms with E-state index in [9.17, 15) is 4.79 Å². The van der Waals surface area contributed by atoms with E-state index in [1.54, 1.807) is 39.9 Å². The van der Waals surface area contributed by atoms with Crippen LogP contribution in [0.3, 0.4) is 0 Å². The second-order valence-electron chi connectivity index (χ2n) is 4.91. The molecule has 0 fully saturated rings. The molecule has 0 spiro atoms. The van der Waals surface area contributed by atoms with E-state index in [-0.39, 0.29) is 5.91 Å². The molecular formula is C16H12N6O. The fourth-order valence-electron chi connectivity index (χ4n) is 2.28. The maximum Gasteiger partial charge on any atom is 0.275 e. The second-order valence-corrected chi connectivity index (χ2v) is 4.91. The Kier molecular flexibility index (Phi) is 3.09. The standard InChI is InChI=1S/C16H12N6O/c23-15(14-11-21-8-2-6-17-16(21)20-14)19-12-4-1-5-13(10-12)22-9-3-7-18-22/h1-11H,(H,19,23). The van der Waals surface area contributed by atoms with Crippen molar-refractivity contribution in [1.82, 2.24) is 24.1 Å². The predicted molar refractivity (Wildman–Crippen MR) is 84.5 cm³/mol. The van der Waals surface area contributed by atoms with Gasteiger partial charge in [-0.05, 0) is 30.3 Å². The van der Waals surface area contributed by atoms with Crippen LogP contribution >= 0.6 is 0 Å². The molecule has 23 heavy (non-hydrogen) atoms. The summed E-state index contributed by atoms with van der Waals surface area (Å²) in [5.41, 5.74) is 1.85. The van der Waals surface area contributed by atoms with Gasteiger partial charge in [0.05, 0.1) is 5.69 Å². The van der Waals surface area contributed by atoms with Crippen molar-refractivity contribution in [2.75, 3.05) is 5.32 Å². The highest BCUT2D eigenvalue weighted by molar-refractivity contribution is 6.03. The lowest BCUT2D eigenvalue weighted by Crippen LogP contribution is -2.12. The Bertz CT molecular complexity index is 940. The highest BCUT2D eigenvalue weighted by atomic mass is 16.1. The first kappa shape index (κ1) is 13.2. The molecule has 112 valence electrons. The van der Waals surface area contributed by atoms with Crippen molar-refractivity contribution in [2.24, 2.45) is 0 Å². The number of carbonyl (C=O) groups excluding carboxylic acids is 1. The number of amides is 1. The molecule has 0 radical (unpaired) electrons. The van der Waals surface area contributed by atoms with Crippen molar-refractivity contribution < 1.29 is 4.79 Å². The Morgan fingerprint density at radius 1 is 1.09 bits per heavy atom. The summed E-state index contributed by atoms with van der Waals surface area (Å²) in [4.78, 5) is 20.6. The minimum atomic E-state index is -0.284. The molecule has 0 saturated heterocycles. The molecule has 0 saturated carbocycles. The topological polar surface area (TPSA) is 77.1 Å². The number of anilines is 1. The molecule has 0 aliphatic carbocycles. The maximum absolute atomic E-state index is 12.3. The van der Waals surface area contributed by atoms with Gasteiger partial charge in [0.2, 0.25) is 5.78 Å². The molecular weight excluding hydrogens is 292 g/mol. The van der Waals surface area contributed by atoms with Gasteiger partial charge in [0.25, 0.3) is 5.91 Å². The lowest BCUT2D eigenvalue weighted by molar-refractivity contribution is 0.102. The fraction of sp³-hybridized carbons (Fsp3) is 0. The van der Waals surface area contributed by atoms with E-state index in [2.05, 4.69) is 20.4 Å². The van der Waals surface area contributed by atoms with Crippen LogP contribution in [-0.2, 0) is 0 Å². The van der Waals surface area contributed by atoms with Crippen LogP contribution in [0.2, 0.25) is 0 Å². The van der Waals surface area contributed by atoms with Crippen LogP contribution in [0.25, 0.3) is 11.5 Å². The average molecular weight is 304 g/mol. The molecule has 7 nitrogen and oxygen atoms in total. The number of hydrogen-bond acceptors (Lipinski definition) is 4. The monoisotopic (exact) mass is 304 g/mol. The van der Waals surface area contributed by atoms with Gasteiger partial charge in [-0.3, -0.25) is 9.20 Å². The van der Waals surface area contributed by atoms with E-state index in [4.69, 9.17) is 0 Å². The van der Waals surface area contributed by atoms with Crippen molar-refractivity contribution in [1.29, 1.82) is 0 Å². The maximum atomic E-state index is 12.3. The second kappa shape index (κ2) is 5.38. The third-order valence-electron chi connectivity index (χ3n) is 3.34. The van der Waals surface area contributed by atoms with Crippen LogP contribution < -0.4 is 5.32 Å². The molecule has 3 heterocycles. The lowest BCUT2D eigenvalue weighted by Gasteiger charge is -2.06. The number of rotatable bonds is 3. The summed E-state index contributed by atoms with van der Waals surface area (Å²) in [5, 5.41) is 7.01. The molecule has 1 aromatic carbocycles. The molecule has 1 N–H and O–H groups in total. The number of nitrogens with zero attached hydrogens (tertiary/aromatic N) is 5. The Balaban J connectivity index is 1.60. The number of hydrogen-bond donors (Lipinski definition) is 1. The summed E-state index contributed by atoms with van der Waals surface area (Å²) in [6.45, 7) is 0. The molecule has 0 aliphatic rings. The minimum absolute atomic E-state index is 0.284. The van der Waals surface area contributed by atoms with Gasteiger partial charge < -0.3 is 5.32 Å². The predicted octanol–water partition coefficient (Wildman–Crippen LogP) is 2.17. The first-order valence-electron chi connectivity index (χ1n) is 7.01. The van der Waals surface area contributed by atoms with Crippen molar-refractivity contribution >= 4 is 17.4 Å². The largest absolute Gasteiger partial charge is 0.321 e. The highest BCUT2D eigenvalue weighted by Crippen LogP contribution is 2.15. The zero-order chi connectivity index (χ0) is 15.6. The summed E-state index contributed by atoms with van der Waals surface area (Å²) in [7, 11) is 0. The van der Waals surface area contributed by atoms with Gasteiger partial charge in [-0.25, -0.2) is 14.6 Å². The lowest BCUT2D eigenvalue weighted by atomic mass is 10.2. The number of fused-ring (bicyclic) bond motifs is 1. The highest BCUT2D eigenvalue weighted by Gasteiger charge is 2.11. The fourth-order valence-corrected chi connectivity index (χ4v) is 2.28. The normalized spacial score (nSPS) is 10.8. The smallest absolute Gasteiger partial charge is 0.275 e. The van der Waals surface area contributed by atoms with Crippen LogP contribution in [0.5, 0.6) is 0 Å². The summed E-state index contributed by atoms with van der Waals surface area (Å²) in [6, 6.07) is 11.1. The van der Waals surface area contributed by atoms with Gasteiger partial charge in [0, 0.05) is 36.7 Å². The minimum Gasteiger partial charge on any atom is -0.321 e. The quantitative estimate of drug-likeness (QED) is 0.629. The van der Waals surface area contributed by atoms with E-state index >= 15 is 0 Å². The van der Waals surface area contributed by atoms with Crippen LogP contribution in [0.4, 0.5) is 5.69 Å². The van der Waals surface area contributed by atoms with E-state index in [0.717, 1.165) is 5.69 Å². The van der Waals surface area contributed by atoms with Gasteiger partial charge >= 0.3 is 0 Å². The first-order valence-corrected chi connectivity index (χ1v) is 7.01. The Hall–Kier alpha value is -3.48. The molecule has 4 aromatic rings. The number of nitrogens with one attached hydrogen (secondary N) is 1. The first-order chi connectivity index (χ1) is 11.3. The van der Waals surface area contributed by atoms with Crippen molar-refractivity contribution in [2.45, 2.75) is 0 Å². The molecule has 1 amide bonds. The van der Waals surface area contributed by atoms with E-state index in [0.29, 0.717) is 17.2 Å². The Morgan fingerprint density at radius 2 is 2.00 bits per heavy atom. The SMILES string of the molecule is O=C(Nc1cccc(-n2cccn2)c1)c1cn2cccnc2n1. The third kappa shape index (κ3) is 2.55. The van der Waals surface area contributed by atoms with Gasteiger partial charge in [-0.1, -0.05) is 6.07 Å². The van der Waals surface area contributed by atoms with Gasteiger partial charge in [-0.15, -0.1) is 0 Å². The number of imidazole rings is 1. The van der Waals surface area contributed by atoms with Crippen LogP contribution in [0.1, 0.15) is 10.5 Å². The molecule has 0 unspecified atom stereocenters. The van der Waals surface area contributed by atoms with Crippen LogP contribution in [-0.4, -0.2) is 30.1 Å². The molecule has 7 heteroatoms. The summed E-state index contributed by atoms with van der Waals surface area (Å²) in [6.07, 6.45) is 8.63. The Morgan fingerprint density at radius 3 is 2.83 bits per heavy atom. The number of carbonyl (C=O) groups is 1.